The molecule has 1 atom stereocenters. The van der Waals surface area contributed by atoms with Gasteiger partial charge >= 0.3 is 0 Å². The Morgan fingerprint density at radius 1 is 1.45 bits per heavy atom. The molecule has 0 amide bonds. The second-order valence-electron chi connectivity index (χ2n) is 5.33. The third-order valence-corrected chi connectivity index (χ3v) is 3.91. The molecule has 2 heterocycles. The number of methoxy groups -OCH3 is 1. The molecule has 0 aliphatic carbocycles. The zero-order valence-corrected chi connectivity index (χ0v) is 11.7. The van der Waals surface area contributed by atoms with E-state index in [1.54, 1.807) is 7.11 Å². The molecular formula is C16H20N2O2. The minimum absolute atomic E-state index is 0.190. The Morgan fingerprint density at radius 2 is 2.35 bits per heavy atom. The van der Waals surface area contributed by atoms with E-state index in [0.717, 1.165) is 43.1 Å². The Balaban J connectivity index is 1.83. The molecule has 3 rings (SSSR count). The minimum atomic E-state index is 0.190. The van der Waals surface area contributed by atoms with Crippen molar-refractivity contribution in [2.24, 2.45) is 0 Å². The van der Waals surface area contributed by atoms with E-state index in [-0.39, 0.29) is 12.5 Å². The van der Waals surface area contributed by atoms with Crippen molar-refractivity contribution in [3.63, 3.8) is 0 Å². The number of rotatable bonds is 4. The summed E-state index contributed by atoms with van der Waals surface area (Å²) in [7, 11) is 1.68. The van der Waals surface area contributed by atoms with Crippen LogP contribution in [0.25, 0.3) is 0 Å². The summed E-state index contributed by atoms with van der Waals surface area (Å²) in [6.07, 6.45) is 5.07. The lowest BCUT2D eigenvalue weighted by molar-refractivity contribution is 0.238. The maximum atomic E-state index is 9.44. The number of fused-ring (bicyclic) bond motifs is 1. The van der Waals surface area contributed by atoms with Crippen LogP contribution in [0.2, 0.25) is 0 Å². The lowest BCUT2D eigenvalue weighted by Crippen LogP contribution is -2.18. The van der Waals surface area contributed by atoms with Gasteiger partial charge in [0.2, 0.25) is 0 Å². The van der Waals surface area contributed by atoms with Gasteiger partial charge in [0.1, 0.15) is 11.6 Å². The minimum Gasteiger partial charge on any atom is -0.497 e. The van der Waals surface area contributed by atoms with Crippen LogP contribution in [-0.2, 0) is 13.0 Å². The lowest BCUT2D eigenvalue weighted by Gasteiger charge is -2.21. The van der Waals surface area contributed by atoms with Crippen LogP contribution in [0.5, 0.6) is 5.75 Å². The van der Waals surface area contributed by atoms with Crippen molar-refractivity contribution >= 4 is 0 Å². The summed E-state index contributed by atoms with van der Waals surface area (Å²) >= 11 is 0. The number of hydrogen-bond acceptors (Lipinski definition) is 3. The van der Waals surface area contributed by atoms with E-state index in [0.29, 0.717) is 0 Å². The van der Waals surface area contributed by atoms with Gasteiger partial charge in [-0.05, 0) is 30.5 Å². The Bertz CT molecular complexity index is 592. The first-order chi connectivity index (χ1) is 9.80. The molecule has 1 aromatic carbocycles. The lowest BCUT2D eigenvalue weighted by atomic mass is 10.0. The van der Waals surface area contributed by atoms with Gasteiger partial charge in [-0.3, -0.25) is 0 Å². The van der Waals surface area contributed by atoms with Crippen molar-refractivity contribution in [2.75, 3.05) is 13.7 Å². The Kier molecular flexibility index (Phi) is 3.74. The van der Waals surface area contributed by atoms with Crippen molar-refractivity contribution < 1.29 is 9.84 Å². The summed E-state index contributed by atoms with van der Waals surface area (Å²) in [5, 5.41) is 9.44. The third kappa shape index (κ3) is 2.56. The average Bonchev–Trinajstić information content (AvgIpc) is 2.89. The fourth-order valence-corrected chi connectivity index (χ4v) is 2.88. The van der Waals surface area contributed by atoms with Gasteiger partial charge in [0.25, 0.3) is 0 Å². The van der Waals surface area contributed by atoms with Gasteiger partial charge in [-0.15, -0.1) is 0 Å². The molecule has 106 valence electrons. The first-order valence-electron chi connectivity index (χ1n) is 7.10. The predicted octanol–water partition coefficient (Wildman–Crippen LogP) is 2.35. The van der Waals surface area contributed by atoms with Crippen molar-refractivity contribution in [3.05, 3.63) is 47.5 Å². The highest BCUT2D eigenvalue weighted by atomic mass is 16.5. The summed E-state index contributed by atoms with van der Waals surface area (Å²) in [5.74, 6) is 2.11. The van der Waals surface area contributed by atoms with Crippen molar-refractivity contribution in [1.29, 1.82) is 0 Å². The van der Waals surface area contributed by atoms with E-state index in [1.165, 1.54) is 5.56 Å². The first-order valence-corrected chi connectivity index (χ1v) is 7.10. The molecule has 0 saturated carbocycles. The number of aliphatic hydroxyl groups is 1. The van der Waals surface area contributed by atoms with E-state index in [2.05, 4.69) is 16.8 Å². The standard InChI is InChI=1S/C16H20N2O2/c1-20-15-6-2-4-12(9-15)8-14-10-18-7-3-5-13(11-19)16(18)17-14/h2,4,6,9-10,13,19H,3,5,7-8,11H2,1H3. The highest BCUT2D eigenvalue weighted by Gasteiger charge is 2.22. The molecule has 0 spiro atoms. The van der Waals surface area contributed by atoms with Gasteiger partial charge in [-0.2, -0.15) is 0 Å². The van der Waals surface area contributed by atoms with Crippen LogP contribution in [0.3, 0.4) is 0 Å². The fraction of sp³-hybridized carbons (Fsp3) is 0.438. The van der Waals surface area contributed by atoms with Crippen molar-refractivity contribution in [3.8, 4) is 5.75 Å². The van der Waals surface area contributed by atoms with Crippen molar-refractivity contribution in [1.82, 2.24) is 9.55 Å². The smallest absolute Gasteiger partial charge is 0.119 e. The summed E-state index contributed by atoms with van der Waals surface area (Å²) < 4.78 is 7.44. The van der Waals surface area contributed by atoms with Crippen molar-refractivity contribution in [2.45, 2.75) is 31.7 Å². The van der Waals surface area contributed by atoms with E-state index < -0.39 is 0 Å². The van der Waals surface area contributed by atoms with Crippen LogP contribution in [0.4, 0.5) is 0 Å². The van der Waals surface area contributed by atoms with E-state index in [9.17, 15) is 5.11 Å². The van der Waals surface area contributed by atoms with Gasteiger partial charge in [-0.25, -0.2) is 4.98 Å². The maximum absolute atomic E-state index is 9.44. The third-order valence-electron chi connectivity index (χ3n) is 3.91. The average molecular weight is 272 g/mol. The van der Waals surface area contributed by atoms with Crippen LogP contribution in [0.15, 0.2) is 30.5 Å². The highest BCUT2D eigenvalue weighted by molar-refractivity contribution is 5.31. The summed E-state index contributed by atoms with van der Waals surface area (Å²) in [6.45, 7) is 1.20. The molecule has 20 heavy (non-hydrogen) atoms. The molecule has 1 N–H and O–H groups in total. The SMILES string of the molecule is COc1cccc(Cc2cn3c(n2)C(CO)CCC3)c1. The van der Waals surface area contributed by atoms with E-state index >= 15 is 0 Å². The number of aliphatic hydroxyl groups excluding tert-OH is 1. The number of benzene rings is 1. The molecule has 0 radical (unpaired) electrons. The molecule has 1 aliphatic heterocycles. The molecular weight excluding hydrogens is 252 g/mol. The van der Waals surface area contributed by atoms with Crippen LogP contribution < -0.4 is 4.74 Å². The number of imidazole rings is 1. The van der Waals surface area contributed by atoms with E-state index in [1.807, 2.05) is 18.2 Å². The highest BCUT2D eigenvalue weighted by Crippen LogP contribution is 2.27. The largest absolute Gasteiger partial charge is 0.497 e. The topological polar surface area (TPSA) is 47.3 Å². The number of aromatic nitrogens is 2. The van der Waals surface area contributed by atoms with Gasteiger partial charge < -0.3 is 14.4 Å². The van der Waals surface area contributed by atoms with Gasteiger partial charge in [0.15, 0.2) is 0 Å². The van der Waals surface area contributed by atoms with Gasteiger partial charge in [0.05, 0.1) is 19.4 Å². The van der Waals surface area contributed by atoms with Gasteiger partial charge in [-0.1, -0.05) is 12.1 Å². The molecule has 0 fully saturated rings. The Hall–Kier alpha value is -1.81. The molecule has 0 bridgehead atoms. The first kappa shape index (κ1) is 13.2. The number of nitrogens with zero attached hydrogens (tertiary/aromatic N) is 2. The second-order valence-corrected chi connectivity index (χ2v) is 5.33. The van der Waals surface area contributed by atoms with Crippen LogP contribution >= 0.6 is 0 Å². The molecule has 4 heteroatoms. The zero-order valence-electron chi connectivity index (χ0n) is 11.7. The molecule has 0 saturated heterocycles. The molecule has 1 aliphatic rings. The second kappa shape index (κ2) is 5.67. The number of ether oxygens (including phenoxy) is 1. The fourth-order valence-electron chi connectivity index (χ4n) is 2.88. The summed E-state index contributed by atoms with van der Waals surface area (Å²) in [5.41, 5.74) is 2.26. The normalized spacial score (nSPS) is 17.8. The van der Waals surface area contributed by atoms with Crippen LogP contribution in [0, 0.1) is 0 Å². The molecule has 1 unspecified atom stereocenters. The molecule has 4 nitrogen and oxygen atoms in total. The number of aryl methyl sites for hydroxylation is 1. The number of hydrogen-bond donors (Lipinski definition) is 1. The van der Waals surface area contributed by atoms with Crippen LogP contribution in [-0.4, -0.2) is 28.4 Å². The zero-order chi connectivity index (χ0) is 13.9. The quantitative estimate of drug-likeness (QED) is 0.929. The summed E-state index contributed by atoms with van der Waals surface area (Å²) in [4.78, 5) is 4.72. The molecule has 1 aromatic heterocycles. The van der Waals surface area contributed by atoms with Crippen LogP contribution in [0.1, 0.15) is 35.8 Å². The predicted molar refractivity (Wildman–Crippen MR) is 77.1 cm³/mol. The maximum Gasteiger partial charge on any atom is 0.119 e. The van der Waals surface area contributed by atoms with E-state index in [4.69, 9.17) is 9.72 Å². The Labute approximate surface area is 119 Å². The molecule has 2 aromatic rings. The van der Waals surface area contributed by atoms with Gasteiger partial charge in [0, 0.05) is 25.1 Å². The monoisotopic (exact) mass is 272 g/mol. The summed E-state index contributed by atoms with van der Waals surface area (Å²) in [6, 6.07) is 8.08. The Morgan fingerprint density at radius 3 is 3.15 bits per heavy atom.